The Morgan fingerprint density at radius 3 is 1.86 bits per heavy atom. The number of rotatable bonds is 3. The Labute approximate surface area is 40.9 Å². The van der Waals surface area contributed by atoms with Gasteiger partial charge in [-0.1, -0.05) is 0 Å². The van der Waals surface area contributed by atoms with Gasteiger partial charge in [0.25, 0.3) is 0 Å². The van der Waals surface area contributed by atoms with Crippen molar-refractivity contribution in [2.45, 2.75) is 12.6 Å². The van der Waals surface area contributed by atoms with Gasteiger partial charge in [0.15, 0.2) is 0 Å². The summed E-state index contributed by atoms with van der Waals surface area (Å²) in [5, 5.41) is 4.67. The maximum Gasteiger partial charge on any atom is 0.222 e. The zero-order chi connectivity index (χ0) is 5.70. The molecule has 7 heavy (non-hydrogen) atoms. The van der Waals surface area contributed by atoms with Crippen LogP contribution in [0.25, 0.3) is 0 Å². The molecule has 0 aliphatic rings. The van der Waals surface area contributed by atoms with Gasteiger partial charge in [0.2, 0.25) is 6.17 Å². The molecule has 0 saturated heterocycles. The van der Waals surface area contributed by atoms with Crippen molar-refractivity contribution in [1.82, 2.24) is 0 Å². The molecule has 0 rings (SSSR count). The first-order valence-corrected chi connectivity index (χ1v) is 1.79. The van der Waals surface area contributed by atoms with E-state index in [4.69, 9.17) is 0 Å². The summed E-state index contributed by atoms with van der Waals surface area (Å²) in [7, 11) is 0. The highest BCUT2D eigenvalue weighted by Crippen LogP contribution is 1.94. The van der Waals surface area contributed by atoms with Crippen LogP contribution in [0.4, 0.5) is 0 Å². The Balaban J connectivity index is 3.36. The van der Waals surface area contributed by atoms with Crippen LogP contribution in [-0.2, 0) is 0 Å². The second-order valence-corrected chi connectivity index (χ2v) is 0.980. The van der Waals surface area contributed by atoms with Gasteiger partial charge in [0.05, 0.1) is 0 Å². The summed E-state index contributed by atoms with van der Waals surface area (Å²) >= 11 is 0. The van der Waals surface area contributed by atoms with Gasteiger partial charge in [-0.3, -0.25) is 0 Å². The topological polar surface area (TPSA) is 58.9 Å². The lowest BCUT2D eigenvalue weighted by atomic mass is 10.4. The summed E-state index contributed by atoms with van der Waals surface area (Å²) < 4.78 is 0. The third-order valence-corrected chi connectivity index (χ3v) is 0.502. The van der Waals surface area contributed by atoms with Crippen molar-refractivity contribution in [3.05, 3.63) is 16.7 Å². The predicted octanol–water partition coefficient (Wildman–Crippen LogP) is 1.07. The zero-order valence-electron chi connectivity index (χ0n) is 3.70. The first kappa shape index (κ1) is 6.20. The van der Waals surface area contributed by atoms with Crippen molar-refractivity contribution in [3.63, 3.8) is 0 Å². The van der Waals surface area contributed by atoms with Crippen molar-refractivity contribution in [3.8, 4) is 0 Å². The van der Waals surface area contributed by atoms with Crippen LogP contribution in [0.3, 0.4) is 0 Å². The van der Waals surface area contributed by atoms with E-state index in [0.29, 0.717) is 0 Å². The molecule has 1 radical (unpaired) electrons. The van der Waals surface area contributed by atoms with Gasteiger partial charge in [0.1, 0.15) is 0 Å². The standard InChI is InChI=1S/C3H5N2O2/c1-2-3(4-6)5-7/h3H,1-2H2. The number of nitroso groups, excluding NO2 is 2. The number of nitrogens with zero attached hydrogens (tertiary/aromatic N) is 2. The molecule has 0 saturated carbocycles. The van der Waals surface area contributed by atoms with E-state index in [1.54, 1.807) is 0 Å². The molecule has 0 aromatic rings. The Hall–Kier alpha value is -0.800. The summed E-state index contributed by atoms with van der Waals surface area (Å²) in [6, 6.07) is 0. The molecule has 0 aromatic carbocycles. The van der Waals surface area contributed by atoms with Crippen LogP contribution < -0.4 is 0 Å². The number of hydrogen-bond donors (Lipinski definition) is 0. The fourth-order valence-electron chi connectivity index (χ4n) is 0.125. The SMILES string of the molecule is [CH2]CC(N=O)N=O. The summed E-state index contributed by atoms with van der Waals surface area (Å²) in [5.74, 6) is 0. The lowest BCUT2D eigenvalue weighted by molar-refractivity contribution is 0.710. The molecule has 4 heteroatoms. The molecule has 0 aliphatic heterocycles. The first-order valence-electron chi connectivity index (χ1n) is 1.79. The van der Waals surface area contributed by atoms with Crippen molar-refractivity contribution < 1.29 is 0 Å². The smallest absolute Gasteiger partial charge is 0.148 e. The van der Waals surface area contributed by atoms with E-state index in [1.165, 1.54) is 0 Å². The molecular formula is C3H5N2O2. The second kappa shape index (κ2) is 3.39. The van der Waals surface area contributed by atoms with Crippen molar-refractivity contribution in [2.75, 3.05) is 0 Å². The maximum atomic E-state index is 9.38. The highest BCUT2D eigenvalue weighted by atomic mass is 16.3. The molecule has 0 atom stereocenters. The van der Waals surface area contributed by atoms with E-state index < -0.39 is 6.17 Å². The molecule has 4 nitrogen and oxygen atoms in total. The molecular weight excluding hydrogens is 96.0 g/mol. The van der Waals surface area contributed by atoms with E-state index in [9.17, 15) is 9.81 Å². The first-order chi connectivity index (χ1) is 3.35. The molecule has 0 spiro atoms. The summed E-state index contributed by atoms with van der Waals surface area (Å²) in [6.07, 6.45) is -0.840. The van der Waals surface area contributed by atoms with Crippen LogP contribution >= 0.6 is 0 Å². The van der Waals surface area contributed by atoms with E-state index >= 15 is 0 Å². The quantitative estimate of drug-likeness (QED) is 0.499. The van der Waals surface area contributed by atoms with Gasteiger partial charge in [-0.25, -0.2) is 0 Å². The van der Waals surface area contributed by atoms with Crippen LogP contribution in [0.15, 0.2) is 10.4 Å². The molecule has 0 aromatic heterocycles. The van der Waals surface area contributed by atoms with Crippen molar-refractivity contribution in [1.29, 1.82) is 0 Å². The molecule has 0 fully saturated rings. The van der Waals surface area contributed by atoms with Crippen molar-refractivity contribution >= 4 is 0 Å². The Kier molecular flexibility index (Phi) is 3.00. The van der Waals surface area contributed by atoms with Gasteiger partial charge in [-0.05, 0) is 23.7 Å². The minimum atomic E-state index is -0.986. The minimum absolute atomic E-state index is 0.146. The van der Waals surface area contributed by atoms with Gasteiger partial charge < -0.3 is 0 Å². The van der Waals surface area contributed by atoms with Crippen LogP contribution in [0, 0.1) is 16.7 Å². The van der Waals surface area contributed by atoms with Crippen molar-refractivity contribution in [2.24, 2.45) is 10.4 Å². The predicted molar refractivity (Wildman–Crippen MR) is 25.4 cm³/mol. The van der Waals surface area contributed by atoms with E-state index in [-0.39, 0.29) is 6.42 Å². The van der Waals surface area contributed by atoms with Crippen LogP contribution in [-0.4, -0.2) is 6.17 Å². The monoisotopic (exact) mass is 101 g/mol. The lowest BCUT2D eigenvalue weighted by Gasteiger charge is -1.86. The van der Waals surface area contributed by atoms with Gasteiger partial charge in [0, 0.05) is 0 Å². The Bertz CT molecular complexity index is 65.3. The summed E-state index contributed by atoms with van der Waals surface area (Å²) in [5.41, 5.74) is 0. The fourth-order valence-corrected chi connectivity index (χ4v) is 0.125. The molecule has 0 bridgehead atoms. The average Bonchev–Trinajstić information content (AvgIpc) is 1.72. The number of hydrogen-bond acceptors (Lipinski definition) is 4. The summed E-state index contributed by atoms with van der Waals surface area (Å²) in [4.78, 5) is 18.8. The minimum Gasteiger partial charge on any atom is -0.148 e. The molecule has 0 N–H and O–H groups in total. The molecule has 0 heterocycles. The third kappa shape index (κ3) is 1.97. The van der Waals surface area contributed by atoms with Gasteiger partial charge >= 0.3 is 0 Å². The van der Waals surface area contributed by atoms with Crippen LogP contribution in [0.1, 0.15) is 6.42 Å². The van der Waals surface area contributed by atoms with E-state index in [1.807, 2.05) is 0 Å². The molecule has 0 aliphatic carbocycles. The summed E-state index contributed by atoms with van der Waals surface area (Å²) in [6.45, 7) is 3.24. The molecule has 0 amide bonds. The fraction of sp³-hybridized carbons (Fsp3) is 0.667. The molecule has 0 unspecified atom stereocenters. The zero-order valence-corrected chi connectivity index (χ0v) is 3.70. The normalized spacial score (nSPS) is 8.86. The van der Waals surface area contributed by atoms with E-state index in [2.05, 4.69) is 17.3 Å². The average molecular weight is 101 g/mol. The Morgan fingerprint density at radius 1 is 1.43 bits per heavy atom. The maximum absolute atomic E-state index is 9.38. The second-order valence-electron chi connectivity index (χ2n) is 0.980. The van der Waals surface area contributed by atoms with E-state index in [0.717, 1.165) is 0 Å². The molecule has 39 valence electrons. The lowest BCUT2D eigenvalue weighted by Crippen LogP contribution is -1.92. The van der Waals surface area contributed by atoms with Gasteiger partial charge in [-0.2, -0.15) is 0 Å². The highest BCUT2D eigenvalue weighted by Gasteiger charge is 2.00. The Morgan fingerprint density at radius 2 is 1.86 bits per heavy atom. The third-order valence-electron chi connectivity index (χ3n) is 0.502. The van der Waals surface area contributed by atoms with Crippen LogP contribution in [0.5, 0.6) is 0 Å². The van der Waals surface area contributed by atoms with Crippen LogP contribution in [0.2, 0.25) is 0 Å². The highest BCUT2D eigenvalue weighted by molar-refractivity contribution is 4.60. The van der Waals surface area contributed by atoms with Gasteiger partial charge in [-0.15, -0.1) is 9.81 Å². The largest absolute Gasteiger partial charge is 0.222 e.